The molecule has 0 saturated heterocycles. The second-order valence-corrected chi connectivity index (χ2v) is 5.02. The molecule has 0 fully saturated rings. The van der Waals surface area contributed by atoms with Crippen LogP contribution in [0.1, 0.15) is 27.2 Å². The van der Waals surface area contributed by atoms with Crippen molar-refractivity contribution in [1.82, 2.24) is 4.90 Å². The van der Waals surface area contributed by atoms with Crippen LogP contribution < -0.4 is 9.47 Å². The fourth-order valence-corrected chi connectivity index (χ4v) is 1.89. The van der Waals surface area contributed by atoms with E-state index in [4.69, 9.17) is 14.6 Å². The highest BCUT2D eigenvalue weighted by Crippen LogP contribution is 2.17. The smallest absolute Gasteiger partial charge is 0.119 e. The molecule has 0 aliphatic heterocycles. The van der Waals surface area contributed by atoms with E-state index < -0.39 is 0 Å². The van der Waals surface area contributed by atoms with Crippen molar-refractivity contribution in [2.24, 2.45) is 0 Å². The monoisotopic (exact) mass is 281 g/mol. The summed E-state index contributed by atoms with van der Waals surface area (Å²) < 4.78 is 11.2. The van der Waals surface area contributed by atoms with Gasteiger partial charge in [0.25, 0.3) is 0 Å². The average molecular weight is 281 g/mol. The minimum Gasteiger partial charge on any atom is -0.494 e. The SMILES string of the molecule is CCCOc1ccc(OCCN(CCO)C(C)C)cc1. The highest BCUT2D eigenvalue weighted by molar-refractivity contribution is 5.31. The van der Waals surface area contributed by atoms with Crippen LogP contribution in [0.15, 0.2) is 24.3 Å². The Hall–Kier alpha value is -1.26. The number of benzene rings is 1. The molecule has 0 amide bonds. The van der Waals surface area contributed by atoms with Crippen LogP contribution >= 0.6 is 0 Å². The number of aliphatic hydroxyl groups is 1. The normalized spacial score (nSPS) is 11.1. The van der Waals surface area contributed by atoms with Gasteiger partial charge in [-0.3, -0.25) is 4.90 Å². The van der Waals surface area contributed by atoms with Crippen LogP contribution in [0.25, 0.3) is 0 Å². The molecule has 0 spiro atoms. The van der Waals surface area contributed by atoms with Gasteiger partial charge in [-0.1, -0.05) is 6.92 Å². The van der Waals surface area contributed by atoms with E-state index in [0.29, 0.717) is 19.2 Å². The van der Waals surface area contributed by atoms with Crippen LogP contribution in [0.3, 0.4) is 0 Å². The van der Waals surface area contributed by atoms with Crippen LogP contribution in [-0.2, 0) is 0 Å². The van der Waals surface area contributed by atoms with Crippen LogP contribution in [0, 0.1) is 0 Å². The molecule has 0 atom stereocenters. The second-order valence-electron chi connectivity index (χ2n) is 5.02. The largest absolute Gasteiger partial charge is 0.494 e. The van der Waals surface area contributed by atoms with E-state index in [1.54, 1.807) is 0 Å². The predicted molar refractivity (Wildman–Crippen MR) is 81.5 cm³/mol. The molecule has 0 aliphatic rings. The molecule has 114 valence electrons. The maximum atomic E-state index is 9.01. The van der Waals surface area contributed by atoms with Crippen LogP contribution in [-0.4, -0.2) is 49.0 Å². The van der Waals surface area contributed by atoms with Crippen molar-refractivity contribution >= 4 is 0 Å². The van der Waals surface area contributed by atoms with E-state index in [1.807, 2.05) is 24.3 Å². The highest BCUT2D eigenvalue weighted by atomic mass is 16.5. The molecular formula is C16H27NO3. The minimum atomic E-state index is 0.182. The fraction of sp³-hybridized carbons (Fsp3) is 0.625. The molecule has 20 heavy (non-hydrogen) atoms. The van der Waals surface area contributed by atoms with Gasteiger partial charge in [0.15, 0.2) is 0 Å². The molecule has 1 rings (SSSR count). The van der Waals surface area contributed by atoms with Crippen LogP contribution in [0.5, 0.6) is 11.5 Å². The first-order chi connectivity index (χ1) is 9.67. The molecule has 1 aromatic carbocycles. The second kappa shape index (κ2) is 9.61. The third kappa shape index (κ3) is 6.26. The van der Waals surface area contributed by atoms with Crippen molar-refractivity contribution in [2.75, 3.05) is 32.9 Å². The minimum absolute atomic E-state index is 0.182. The van der Waals surface area contributed by atoms with Crippen LogP contribution in [0.4, 0.5) is 0 Å². The molecule has 0 heterocycles. The Labute approximate surface area is 122 Å². The average Bonchev–Trinajstić information content (AvgIpc) is 2.45. The molecule has 1 N–H and O–H groups in total. The Morgan fingerprint density at radius 3 is 2.00 bits per heavy atom. The molecule has 0 aromatic heterocycles. The maximum absolute atomic E-state index is 9.01. The Morgan fingerprint density at radius 1 is 1.00 bits per heavy atom. The summed E-state index contributed by atoms with van der Waals surface area (Å²) in [4.78, 5) is 2.19. The third-order valence-corrected chi connectivity index (χ3v) is 3.06. The summed E-state index contributed by atoms with van der Waals surface area (Å²) >= 11 is 0. The Kier molecular flexibility index (Phi) is 8.07. The number of rotatable bonds is 10. The summed E-state index contributed by atoms with van der Waals surface area (Å²) in [5.74, 6) is 1.73. The van der Waals surface area contributed by atoms with E-state index in [2.05, 4.69) is 25.7 Å². The summed E-state index contributed by atoms with van der Waals surface area (Å²) in [6.07, 6.45) is 1.01. The first-order valence-electron chi connectivity index (χ1n) is 7.38. The molecule has 0 saturated carbocycles. The first kappa shape index (κ1) is 16.8. The van der Waals surface area contributed by atoms with Gasteiger partial charge < -0.3 is 14.6 Å². The third-order valence-electron chi connectivity index (χ3n) is 3.06. The summed E-state index contributed by atoms with van der Waals surface area (Å²) in [7, 11) is 0. The van der Waals surface area contributed by atoms with Gasteiger partial charge in [0, 0.05) is 19.1 Å². The van der Waals surface area contributed by atoms with Crippen LogP contribution in [0.2, 0.25) is 0 Å². The predicted octanol–water partition coefficient (Wildman–Crippen LogP) is 2.56. The number of nitrogens with zero attached hydrogens (tertiary/aromatic N) is 1. The molecule has 0 radical (unpaired) electrons. The lowest BCUT2D eigenvalue weighted by Crippen LogP contribution is -2.36. The first-order valence-corrected chi connectivity index (χ1v) is 7.38. The number of aliphatic hydroxyl groups excluding tert-OH is 1. The van der Waals surface area contributed by atoms with Crippen molar-refractivity contribution in [1.29, 1.82) is 0 Å². The van der Waals surface area contributed by atoms with Gasteiger partial charge in [-0.2, -0.15) is 0 Å². The number of hydrogen-bond acceptors (Lipinski definition) is 4. The summed E-state index contributed by atoms with van der Waals surface area (Å²) in [6, 6.07) is 8.13. The molecule has 0 bridgehead atoms. The van der Waals surface area contributed by atoms with Crippen molar-refractivity contribution in [3.63, 3.8) is 0 Å². The molecule has 0 aliphatic carbocycles. The van der Waals surface area contributed by atoms with Gasteiger partial charge >= 0.3 is 0 Å². The molecular weight excluding hydrogens is 254 g/mol. The van der Waals surface area contributed by atoms with Crippen molar-refractivity contribution in [3.05, 3.63) is 24.3 Å². The Balaban J connectivity index is 2.34. The summed E-state index contributed by atoms with van der Waals surface area (Å²) in [6.45, 7) is 9.37. The van der Waals surface area contributed by atoms with E-state index in [9.17, 15) is 0 Å². The maximum Gasteiger partial charge on any atom is 0.119 e. The lowest BCUT2D eigenvalue weighted by Gasteiger charge is -2.25. The van der Waals surface area contributed by atoms with Crippen molar-refractivity contribution in [3.8, 4) is 11.5 Å². The van der Waals surface area contributed by atoms with Crippen molar-refractivity contribution in [2.45, 2.75) is 33.2 Å². The zero-order chi connectivity index (χ0) is 14.8. The lowest BCUT2D eigenvalue weighted by molar-refractivity contribution is 0.141. The lowest BCUT2D eigenvalue weighted by atomic mass is 10.3. The Bertz CT molecular complexity index is 351. The molecule has 4 nitrogen and oxygen atoms in total. The molecule has 1 aromatic rings. The van der Waals surface area contributed by atoms with Gasteiger partial charge in [-0.25, -0.2) is 0 Å². The van der Waals surface area contributed by atoms with Crippen molar-refractivity contribution < 1.29 is 14.6 Å². The number of hydrogen-bond donors (Lipinski definition) is 1. The van der Waals surface area contributed by atoms with Gasteiger partial charge in [-0.15, -0.1) is 0 Å². The quantitative estimate of drug-likeness (QED) is 0.715. The summed E-state index contributed by atoms with van der Waals surface area (Å²) in [5, 5.41) is 9.01. The van der Waals surface area contributed by atoms with E-state index in [0.717, 1.165) is 31.1 Å². The zero-order valence-corrected chi connectivity index (χ0v) is 12.8. The van der Waals surface area contributed by atoms with Gasteiger partial charge in [0.05, 0.1) is 13.2 Å². The molecule has 4 heteroatoms. The number of ether oxygens (including phenoxy) is 2. The Morgan fingerprint density at radius 2 is 1.55 bits per heavy atom. The zero-order valence-electron chi connectivity index (χ0n) is 12.8. The summed E-state index contributed by atoms with van der Waals surface area (Å²) in [5.41, 5.74) is 0. The topological polar surface area (TPSA) is 41.9 Å². The molecule has 0 unspecified atom stereocenters. The van der Waals surface area contributed by atoms with Gasteiger partial charge in [0.2, 0.25) is 0 Å². The van der Waals surface area contributed by atoms with Gasteiger partial charge in [-0.05, 0) is 44.5 Å². The highest BCUT2D eigenvalue weighted by Gasteiger charge is 2.08. The van der Waals surface area contributed by atoms with Gasteiger partial charge in [0.1, 0.15) is 18.1 Å². The van der Waals surface area contributed by atoms with E-state index in [1.165, 1.54) is 0 Å². The fourth-order valence-electron chi connectivity index (χ4n) is 1.89. The standard InChI is InChI=1S/C16H27NO3/c1-4-12-19-15-5-7-16(8-6-15)20-13-10-17(9-11-18)14(2)3/h5-8,14,18H,4,9-13H2,1-3H3. The van der Waals surface area contributed by atoms with E-state index in [-0.39, 0.29) is 6.61 Å². The van der Waals surface area contributed by atoms with E-state index >= 15 is 0 Å².